The Kier molecular flexibility index (Phi) is 5.78. The second kappa shape index (κ2) is 7.59. The third-order valence-electron chi connectivity index (χ3n) is 2.86. The van der Waals surface area contributed by atoms with Gasteiger partial charge in [-0.15, -0.1) is 0 Å². The summed E-state index contributed by atoms with van der Waals surface area (Å²) >= 11 is 9.51. The largest absolute Gasteiger partial charge is 0.383 e. The maximum absolute atomic E-state index is 12.0. The van der Waals surface area contributed by atoms with Crippen LogP contribution in [0.1, 0.15) is 5.56 Å². The van der Waals surface area contributed by atoms with Crippen molar-refractivity contribution in [2.24, 2.45) is 0 Å². The number of hydrogen-bond acceptors (Lipinski definition) is 4. The molecule has 0 saturated heterocycles. The Bertz CT molecular complexity index is 676. The molecule has 0 spiro atoms. The van der Waals surface area contributed by atoms with Crippen LogP contribution in [0.4, 0.5) is 5.69 Å². The molecule has 5 nitrogen and oxygen atoms in total. The van der Waals surface area contributed by atoms with Crippen LogP contribution in [-0.2, 0) is 17.8 Å². The quantitative estimate of drug-likeness (QED) is 0.847. The van der Waals surface area contributed by atoms with Gasteiger partial charge in [-0.1, -0.05) is 39.7 Å². The fourth-order valence-corrected chi connectivity index (χ4v) is 2.43. The summed E-state index contributed by atoms with van der Waals surface area (Å²) in [7, 11) is 1.57. The van der Waals surface area contributed by atoms with Gasteiger partial charge in [0.25, 0.3) is 5.56 Å². The first kappa shape index (κ1) is 16.0. The highest BCUT2D eigenvalue weighted by molar-refractivity contribution is 9.10. The van der Waals surface area contributed by atoms with Gasteiger partial charge < -0.3 is 10.1 Å². The van der Waals surface area contributed by atoms with Crippen molar-refractivity contribution in [3.05, 3.63) is 55.9 Å². The van der Waals surface area contributed by atoms with Crippen LogP contribution in [0.2, 0.25) is 5.02 Å². The molecule has 0 aliphatic carbocycles. The third-order valence-corrected chi connectivity index (χ3v) is 3.72. The second-order valence-corrected chi connectivity index (χ2v) is 5.67. The molecule has 0 aliphatic heterocycles. The molecule has 2 aromatic rings. The zero-order chi connectivity index (χ0) is 15.2. The van der Waals surface area contributed by atoms with Crippen LogP contribution < -0.4 is 10.9 Å². The number of methoxy groups -OCH3 is 1. The lowest BCUT2D eigenvalue weighted by Crippen LogP contribution is -2.26. The van der Waals surface area contributed by atoms with E-state index in [1.807, 2.05) is 24.3 Å². The molecule has 112 valence electrons. The van der Waals surface area contributed by atoms with Crippen LogP contribution >= 0.6 is 27.5 Å². The van der Waals surface area contributed by atoms with Crippen LogP contribution in [0.5, 0.6) is 0 Å². The topological polar surface area (TPSA) is 56.1 Å². The molecule has 0 radical (unpaired) electrons. The molecular formula is C14H15BrClN3O2. The molecule has 21 heavy (non-hydrogen) atoms. The monoisotopic (exact) mass is 371 g/mol. The van der Waals surface area contributed by atoms with E-state index in [1.54, 1.807) is 13.3 Å². The van der Waals surface area contributed by atoms with Crippen molar-refractivity contribution in [2.75, 3.05) is 19.0 Å². The minimum absolute atomic E-state index is 0.135. The van der Waals surface area contributed by atoms with Gasteiger partial charge in [0.1, 0.15) is 5.02 Å². The van der Waals surface area contributed by atoms with E-state index in [0.29, 0.717) is 25.4 Å². The molecule has 1 aromatic carbocycles. The maximum atomic E-state index is 12.0. The van der Waals surface area contributed by atoms with E-state index in [4.69, 9.17) is 16.3 Å². The Hall–Kier alpha value is -1.37. The molecule has 2 rings (SSSR count). The smallest absolute Gasteiger partial charge is 0.287 e. The van der Waals surface area contributed by atoms with Crippen LogP contribution in [0.3, 0.4) is 0 Å². The Morgan fingerprint density at radius 2 is 2.29 bits per heavy atom. The summed E-state index contributed by atoms with van der Waals surface area (Å²) in [6, 6.07) is 7.88. The number of nitrogens with zero attached hydrogens (tertiary/aromatic N) is 2. The van der Waals surface area contributed by atoms with Crippen LogP contribution in [0, 0.1) is 0 Å². The summed E-state index contributed by atoms with van der Waals surface area (Å²) in [6.07, 6.45) is 1.55. The summed E-state index contributed by atoms with van der Waals surface area (Å²) < 4.78 is 7.21. The van der Waals surface area contributed by atoms with Crippen molar-refractivity contribution in [3.8, 4) is 0 Å². The average molecular weight is 373 g/mol. The maximum Gasteiger partial charge on any atom is 0.287 e. The highest BCUT2D eigenvalue weighted by atomic mass is 79.9. The number of rotatable bonds is 6. The van der Waals surface area contributed by atoms with E-state index < -0.39 is 0 Å². The molecule has 0 atom stereocenters. The van der Waals surface area contributed by atoms with E-state index in [9.17, 15) is 4.79 Å². The first-order valence-electron chi connectivity index (χ1n) is 6.34. The number of benzene rings is 1. The number of hydrogen-bond donors (Lipinski definition) is 1. The van der Waals surface area contributed by atoms with E-state index >= 15 is 0 Å². The Labute approximate surface area is 136 Å². The zero-order valence-electron chi connectivity index (χ0n) is 11.5. The van der Waals surface area contributed by atoms with E-state index in [-0.39, 0.29) is 10.6 Å². The van der Waals surface area contributed by atoms with Crippen LogP contribution in [0.25, 0.3) is 0 Å². The SMILES string of the molecule is COCCn1ncc(NCc2cccc(Br)c2)c(Cl)c1=O. The standard InChI is InChI=1S/C14H15BrClN3O2/c1-21-6-5-19-14(20)13(16)12(9-18-19)17-8-10-3-2-4-11(15)7-10/h2-4,7,9,17H,5-6,8H2,1H3. The van der Waals surface area contributed by atoms with Crippen LogP contribution in [-0.4, -0.2) is 23.5 Å². The van der Waals surface area contributed by atoms with Crippen molar-refractivity contribution < 1.29 is 4.74 Å². The molecule has 1 N–H and O–H groups in total. The summed E-state index contributed by atoms with van der Waals surface area (Å²) in [5.74, 6) is 0. The number of halogens is 2. The summed E-state index contributed by atoms with van der Waals surface area (Å²) in [5, 5.41) is 7.33. The molecule has 1 heterocycles. The van der Waals surface area contributed by atoms with Gasteiger partial charge in [0.15, 0.2) is 0 Å². The number of aromatic nitrogens is 2. The highest BCUT2D eigenvalue weighted by Gasteiger charge is 2.09. The van der Waals surface area contributed by atoms with Gasteiger partial charge in [0, 0.05) is 18.1 Å². The molecule has 0 saturated carbocycles. The molecule has 0 unspecified atom stereocenters. The average Bonchev–Trinajstić information content (AvgIpc) is 2.48. The first-order chi connectivity index (χ1) is 10.1. The predicted molar refractivity (Wildman–Crippen MR) is 86.9 cm³/mol. The van der Waals surface area contributed by atoms with Crippen molar-refractivity contribution in [1.29, 1.82) is 0 Å². The molecule has 1 aromatic heterocycles. The molecule has 0 amide bonds. The van der Waals surface area contributed by atoms with Gasteiger partial charge in [-0.3, -0.25) is 4.79 Å². The fourth-order valence-electron chi connectivity index (χ4n) is 1.77. The molecule has 0 fully saturated rings. The Morgan fingerprint density at radius 3 is 3.00 bits per heavy atom. The third kappa shape index (κ3) is 4.30. The summed E-state index contributed by atoms with van der Waals surface area (Å²) in [5.41, 5.74) is 1.27. The second-order valence-electron chi connectivity index (χ2n) is 4.38. The summed E-state index contributed by atoms with van der Waals surface area (Å²) in [4.78, 5) is 12.0. The number of ether oxygens (including phenoxy) is 1. The van der Waals surface area contributed by atoms with E-state index in [1.165, 1.54) is 4.68 Å². The van der Waals surface area contributed by atoms with Crippen molar-refractivity contribution in [1.82, 2.24) is 9.78 Å². The minimum atomic E-state index is -0.326. The van der Waals surface area contributed by atoms with E-state index in [0.717, 1.165) is 10.0 Å². The van der Waals surface area contributed by atoms with Gasteiger partial charge in [0.2, 0.25) is 0 Å². The summed E-state index contributed by atoms with van der Waals surface area (Å²) in [6.45, 7) is 1.34. The normalized spacial score (nSPS) is 10.6. The van der Waals surface area contributed by atoms with Crippen LogP contribution in [0.15, 0.2) is 39.7 Å². The van der Waals surface area contributed by atoms with Gasteiger partial charge in [-0.05, 0) is 17.7 Å². The lowest BCUT2D eigenvalue weighted by Gasteiger charge is -2.10. The van der Waals surface area contributed by atoms with Gasteiger partial charge >= 0.3 is 0 Å². The number of nitrogens with one attached hydrogen (secondary N) is 1. The van der Waals surface area contributed by atoms with Crippen molar-refractivity contribution >= 4 is 33.2 Å². The Balaban J connectivity index is 2.10. The van der Waals surface area contributed by atoms with Gasteiger partial charge in [0.05, 0.1) is 25.0 Å². The van der Waals surface area contributed by atoms with Crippen molar-refractivity contribution in [2.45, 2.75) is 13.1 Å². The van der Waals surface area contributed by atoms with E-state index in [2.05, 4.69) is 26.3 Å². The first-order valence-corrected chi connectivity index (χ1v) is 7.52. The number of anilines is 1. The molecular weight excluding hydrogens is 358 g/mol. The predicted octanol–water partition coefficient (Wildman–Crippen LogP) is 2.92. The molecule has 0 aliphatic rings. The van der Waals surface area contributed by atoms with Crippen molar-refractivity contribution in [3.63, 3.8) is 0 Å². The zero-order valence-corrected chi connectivity index (χ0v) is 13.8. The fraction of sp³-hybridized carbons (Fsp3) is 0.286. The Morgan fingerprint density at radius 1 is 1.48 bits per heavy atom. The lowest BCUT2D eigenvalue weighted by molar-refractivity contribution is 0.182. The highest BCUT2D eigenvalue weighted by Crippen LogP contribution is 2.17. The van der Waals surface area contributed by atoms with Gasteiger partial charge in [-0.2, -0.15) is 5.10 Å². The lowest BCUT2D eigenvalue weighted by atomic mass is 10.2. The minimum Gasteiger partial charge on any atom is -0.383 e. The molecule has 7 heteroatoms. The molecule has 0 bridgehead atoms. The van der Waals surface area contributed by atoms with Gasteiger partial charge in [-0.25, -0.2) is 4.68 Å².